The lowest BCUT2D eigenvalue weighted by atomic mass is 10.2. The van der Waals surface area contributed by atoms with Crippen molar-refractivity contribution in [3.8, 4) is 0 Å². The summed E-state index contributed by atoms with van der Waals surface area (Å²) in [5.74, 6) is 2.19. The number of nitrogens with zero attached hydrogens (tertiary/aromatic N) is 5. The molecule has 7 heteroatoms. The quantitative estimate of drug-likeness (QED) is 0.756. The highest BCUT2D eigenvalue weighted by atomic mass is 35.5. The molecule has 1 aliphatic heterocycles. The van der Waals surface area contributed by atoms with Gasteiger partial charge in [-0.25, -0.2) is 4.98 Å². The fraction of sp³-hybridized carbons (Fsp3) is 0.545. The molecule has 0 aromatic carbocycles. The number of morpholine rings is 1. The molecule has 2 aromatic heterocycles. The number of fused-ring (bicyclic) bond motifs is 1. The molecule has 1 saturated heterocycles. The van der Waals surface area contributed by atoms with Crippen LogP contribution in [0.4, 0.5) is 5.82 Å². The monoisotopic (exact) mass is 267 g/mol. The van der Waals surface area contributed by atoms with Gasteiger partial charge in [-0.1, -0.05) is 0 Å². The second kappa shape index (κ2) is 4.70. The molecule has 0 spiro atoms. The molecule has 0 saturated carbocycles. The summed E-state index contributed by atoms with van der Waals surface area (Å²) in [4.78, 5) is 6.58. The van der Waals surface area contributed by atoms with E-state index in [9.17, 15) is 0 Å². The van der Waals surface area contributed by atoms with E-state index in [4.69, 9.17) is 16.3 Å². The van der Waals surface area contributed by atoms with Crippen LogP contribution in [-0.4, -0.2) is 51.3 Å². The Morgan fingerprint density at radius 3 is 3.22 bits per heavy atom. The highest BCUT2D eigenvalue weighted by Crippen LogP contribution is 2.22. The summed E-state index contributed by atoms with van der Waals surface area (Å²) in [6, 6.07) is 0.135. The SMILES string of the molecule is Cc1nnc2c(N3CCOCC3CCl)nccn12. The average Bonchev–Trinajstić information content (AvgIpc) is 2.81. The molecule has 2 aromatic rings. The van der Waals surface area contributed by atoms with Gasteiger partial charge in [-0.05, 0) is 6.92 Å². The largest absolute Gasteiger partial charge is 0.377 e. The summed E-state index contributed by atoms with van der Waals surface area (Å²) < 4.78 is 7.38. The number of anilines is 1. The molecule has 0 aliphatic carbocycles. The van der Waals surface area contributed by atoms with Gasteiger partial charge in [0.1, 0.15) is 5.82 Å². The molecule has 0 radical (unpaired) electrons. The van der Waals surface area contributed by atoms with Gasteiger partial charge in [0.15, 0.2) is 5.82 Å². The van der Waals surface area contributed by atoms with E-state index in [1.807, 2.05) is 17.5 Å². The molecular weight excluding hydrogens is 254 g/mol. The Kier molecular flexibility index (Phi) is 3.05. The summed E-state index contributed by atoms with van der Waals surface area (Å²) in [6.07, 6.45) is 3.63. The lowest BCUT2D eigenvalue weighted by Crippen LogP contribution is -2.47. The number of halogens is 1. The third kappa shape index (κ3) is 1.81. The van der Waals surface area contributed by atoms with Crippen LogP contribution in [0, 0.1) is 6.92 Å². The summed E-state index contributed by atoms with van der Waals surface area (Å²) in [5, 5.41) is 8.27. The number of hydrogen-bond donors (Lipinski definition) is 0. The first-order valence-electron chi connectivity index (χ1n) is 5.88. The molecule has 0 amide bonds. The van der Waals surface area contributed by atoms with Crippen molar-refractivity contribution >= 4 is 23.1 Å². The van der Waals surface area contributed by atoms with Gasteiger partial charge in [0.05, 0.1) is 19.3 Å². The highest BCUT2D eigenvalue weighted by molar-refractivity contribution is 6.18. The average molecular weight is 268 g/mol. The van der Waals surface area contributed by atoms with Crippen molar-refractivity contribution in [2.24, 2.45) is 0 Å². The minimum atomic E-state index is 0.135. The van der Waals surface area contributed by atoms with Crippen molar-refractivity contribution in [1.29, 1.82) is 0 Å². The second-order valence-electron chi connectivity index (χ2n) is 4.27. The van der Waals surface area contributed by atoms with E-state index in [1.54, 1.807) is 6.20 Å². The molecule has 1 unspecified atom stereocenters. The number of alkyl halides is 1. The number of aryl methyl sites for hydroxylation is 1. The molecule has 1 aliphatic rings. The summed E-state index contributed by atoms with van der Waals surface area (Å²) in [7, 11) is 0. The molecule has 0 N–H and O–H groups in total. The molecular formula is C11H14ClN5O. The van der Waals surface area contributed by atoms with Gasteiger partial charge in [0.2, 0.25) is 5.65 Å². The van der Waals surface area contributed by atoms with Crippen molar-refractivity contribution in [3.05, 3.63) is 18.2 Å². The van der Waals surface area contributed by atoms with Gasteiger partial charge in [-0.2, -0.15) is 0 Å². The molecule has 3 rings (SSSR count). The fourth-order valence-electron chi connectivity index (χ4n) is 2.19. The lowest BCUT2D eigenvalue weighted by Gasteiger charge is -2.35. The van der Waals surface area contributed by atoms with Gasteiger partial charge in [-0.3, -0.25) is 4.40 Å². The van der Waals surface area contributed by atoms with E-state index < -0.39 is 0 Å². The Morgan fingerprint density at radius 2 is 2.39 bits per heavy atom. The molecule has 18 heavy (non-hydrogen) atoms. The minimum Gasteiger partial charge on any atom is -0.377 e. The van der Waals surface area contributed by atoms with Gasteiger partial charge in [-0.15, -0.1) is 21.8 Å². The van der Waals surface area contributed by atoms with Crippen LogP contribution in [0.15, 0.2) is 12.4 Å². The fourth-order valence-corrected chi connectivity index (χ4v) is 2.45. The van der Waals surface area contributed by atoms with E-state index in [-0.39, 0.29) is 6.04 Å². The zero-order valence-corrected chi connectivity index (χ0v) is 10.8. The summed E-state index contributed by atoms with van der Waals surface area (Å²) >= 11 is 5.99. The Labute approximate surface area is 110 Å². The maximum Gasteiger partial charge on any atom is 0.203 e. The first kappa shape index (κ1) is 11.7. The number of hydrogen-bond acceptors (Lipinski definition) is 5. The predicted octanol–water partition coefficient (Wildman–Crippen LogP) is 0.877. The molecule has 6 nitrogen and oxygen atoms in total. The van der Waals surface area contributed by atoms with Crippen LogP contribution in [-0.2, 0) is 4.74 Å². The molecule has 0 bridgehead atoms. The standard InChI is InChI=1S/C11H14ClN5O/c1-8-14-15-11-10(13-2-3-16(8)11)17-4-5-18-7-9(17)6-12/h2-3,9H,4-7H2,1H3. The lowest BCUT2D eigenvalue weighted by molar-refractivity contribution is 0.0995. The Hall–Kier alpha value is -1.40. The number of aromatic nitrogens is 4. The van der Waals surface area contributed by atoms with Crippen LogP contribution in [0.3, 0.4) is 0 Å². The minimum absolute atomic E-state index is 0.135. The van der Waals surface area contributed by atoms with Gasteiger partial charge in [0, 0.05) is 24.8 Å². The van der Waals surface area contributed by atoms with Crippen LogP contribution < -0.4 is 4.90 Å². The Morgan fingerprint density at radius 1 is 1.50 bits per heavy atom. The zero-order valence-electron chi connectivity index (χ0n) is 10.1. The number of ether oxygens (including phenoxy) is 1. The van der Waals surface area contributed by atoms with Crippen LogP contribution >= 0.6 is 11.6 Å². The third-order valence-electron chi connectivity index (χ3n) is 3.16. The summed E-state index contributed by atoms with van der Waals surface area (Å²) in [6.45, 7) is 4.00. The van der Waals surface area contributed by atoms with Crippen LogP contribution in [0.5, 0.6) is 0 Å². The molecule has 1 fully saturated rings. The van der Waals surface area contributed by atoms with Crippen molar-refractivity contribution in [2.45, 2.75) is 13.0 Å². The van der Waals surface area contributed by atoms with E-state index in [1.165, 1.54) is 0 Å². The second-order valence-corrected chi connectivity index (χ2v) is 4.58. The molecule has 96 valence electrons. The summed E-state index contributed by atoms with van der Waals surface area (Å²) in [5.41, 5.74) is 0.770. The first-order chi connectivity index (χ1) is 8.81. The van der Waals surface area contributed by atoms with E-state index in [2.05, 4.69) is 20.1 Å². The normalized spacial score (nSPS) is 20.6. The van der Waals surface area contributed by atoms with E-state index >= 15 is 0 Å². The van der Waals surface area contributed by atoms with Crippen molar-refractivity contribution < 1.29 is 4.74 Å². The van der Waals surface area contributed by atoms with Crippen molar-refractivity contribution in [1.82, 2.24) is 19.6 Å². The Balaban J connectivity index is 2.07. The molecule has 1 atom stereocenters. The number of rotatable bonds is 2. The van der Waals surface area contributed by atoms with E-state index in [0.717, 1.165) is 23.8 Å². The van der Waals surface area contributed by atoms with E-state index in [0.29, 0.717) is 19.1 Å². The molecule has 3 heterocycles. The van der Waals surface area contributed by atoms with Crippen molar-refractivity contribution in [3.63, 3.8) is 0 Å². The van der Waals surface area contributed by atoms with Crippen LogP contribution in [0.25, 0.3) is 5.65 Å². The predicted molar refractivity (Wildman–Crippen MR) is 68.2 cm³/mol. The highest BCUT2D eigenvalue weighted by Gasteiger charge is 2.26. The van der Waals surface area contributed by atoms with Gasteiger partial charge in [0.25, 0.3) is 0 Å². The maximum atomic E-state index is 5.99. The topological polar surface area (TPSA) is 55.5 Å². The Bertz CT molecular complexity index is 557. The van der Waals surface area contributed by atoms with Crippen LogP contribution in [0.2, 0.25) is 0 Å². The smallest absolute Gasteiger partial charge is 0.203 e. The first-order valence-corrected chi connectivity index (χ1v) is 6.41. The van der Waals surface area contributed by atoms with Gasteiger partial charge >= 0.3 is 0 Å². The van der Waals surface area contributed by atoms with Crippen molar-refractivity contribution in [2.75, 3.05) is 30.5 Å². The van der Waals surface area contributed by atoms with Crippen LogP contribution in [0.1, 0.15) is 5.82 Å². The zero-order chi connectivity index (χ0) is 12.5. The van der Waals surface area contributed by atoms with Gasteiger partial charge < -0.3 is 9.64 Å². The maximum absolute atomic E-state index is 5.99. The third-order valence-corrected chi connectivity index (χ3v) is 3.51.